The fraction of sp³-hybridized carbons (Fsp3) is 0.500. The summed E-state index contributed by atoms with van der Waals surface area (Å²) >= 11 is 7.38. The van der Waals surface area contributed by atoms with Gasteiger partial charge in [-0.3, -0.25) is 0 Å². The van der Waals surface area contributed by atoms with Crippen LogP contribution in [0.3, 0.4) is 0 Å². The number of nitrogens with one attached hydrogen (secondary N) is 2. The first-order valence-corrected chi connectivity index (χ1v) is 9.21. The lowest BCUT2D eigenvalue weighted by molar-refractivity contribution is 0.541. The zero-order valence-electron chi connectivity index (χ0n) is 11.5. The van der Waals surface area contributed by atoms with E-state index in [9.17, 15) is 12.8 Å². The fourth-order valence-electron chi connectivity index (χ4n) is 1.75. The second kappa shape index (κ2) is 7.61. The van der Waals surface area contributed by atoms with Gasteiger partial charge in [-0.25, -0.2) is 17.5 Å². The highest BCUT2D eigenvalue weighted by Crippen LogP contribution is 2.24. The molecule has 114 valence electrons. The summed E-state index contributed by atoms with van der Waals surface area (Å²) < 4.78 is 41.1. The second-order valence-corrected chi connectivity index (χ2v) is 7.41. The minimum absolute atomic E-state index is 0.189. The third-order valence-electron chi connectivity index (χ3n) is 2.51. The molecule has 0 aliphatic heterocycles. The summed E-state index contributed by atoms with van der Waals surface area (Å²) in [6, 6.07) is 2.25. The van der Waals surface area contributed by atoms with E-state index in [1.165, 1.54) is 17.8 Å². The molecule has 1 atom stereocenters. The summed E-state index contributed by atoms with van der Waals surface area (Å²) in [6.45, 7) is 1.93. The summed E-state index contributed by atoms with van der Waals surface area (Å²) in [5, 5.41) is 2.96. The van der Waals surface area contributed by atoms with Gasteiger partial charge >= 0.3 is 0 Å². The average molecular weight is 341 g/mol. The lowest BCUT2D eigenvalue weighted by Gasteiger charge is -2.15. The minimum atomic E-state index is -3.93. The Kier molecular flexibility index (Phi) is 6.74. The second-order valence-electron chi connectivity index (χ2n) is 4.39. The van der Waals surface area contributed by atoms with Gasteiger partial charge in [0.15, 0.2) is 0 Å². The van der Waals surface area contributed by atoms with Crippen molar-refractivity contribution < 1.29 is 12.8 Å². The maximum Gasteiger partial charge on any atom is 0.243 e. The number of sulfonamides is 1. The van der Waals surface area contributed by atoms with Crippen LogP contribution in [0.4, 0.5) is 4.39 Å². The van der Waals surface area contributed by atoms with Crippen molar-refractivity contribution in [3.8, 4) is 0 Å². The van der Waals surface area contributed by atoms with E-state index in [1.54, 1.807) is 14.0 Å². The van der Waals surface area contributed by atoms with Crippen molar-refractivity contribution in [1.29, 1.82) is 0 Å². The van der Waals surface area contributed by atoms with Crippen LogP contribution in [0, 0.1) is 5.82 Å². The van der Waals surface area contributed by atoms with Crippen LogP contribution in [0.15, 0.2) is 17.0 Å². The van der Waals surface area contributed by atoms with Crippen molar-refractivity contribution in [2.45, 2.75) is 24.4 Å². The predicted octanol–water partition coefficient (Wildman–Crippen LogP) is 2.23. The molecule has 1 rings (SSSR count). The van der Waals surface area contributed by atoms with Crippen molar-refractivity contribution in [3.63, 3.8) is 0 Å². The van der Waals surface area contributed by atoms with E-state index in [0.29, 0.717) is 5.75 Å². The Morgan fingerprint density at radius 3 is 2.65 bits per heavy atom. The lowest BCUT2D eigenvalue weighted by Crippen LogP contribution is -2.34. The number of benzene rings is 1. The van der Waals surface area contributed by atoms with Crippen molar-refractivity contribution in [1.82, 2.24) is 10.0 Å². The standard InChI is InChI=1S/C12H18ClFN2O2S2/c1-8(7-19-3)16-20(17,18)11-5-10(13)4-9(6-15-2)12(11)14/h4-5,8,15-16H,6-7H2,1-3H3. The van der Waals surface area contributed by atoms with Crippen LogP contribution in [-0.4, -0.2) is 33.5 Å². The average Bonchev–Trinajstić information content (AvgIpc) is 2.33. The Labute approximate surface area is 128 Å². The van der Waals surface area contributed by atoms with Crippen LogP contribution in [0.1, 0.15) is 12.5 Å². The molecule has 4 nitrogen and oxygen atoms in total. The number of hydrogen-bond acceptors (Lipinski definition) is 4. The maximum absolute atomic E-state index is 14.2. The van der Waals surface area contributed by atoms with E-state index < -0.39 is 20.7 Å². The summed E-state index contributed by atoms with van der Waals surface area (Å²) in [7, 11) is -2.28. The molecule has 20 heavy (non-hydrogen) atoms. The van der Waals surface area contributed by atoms with Crippen LogP contribution in [-0.2, 0) is 16.6 Å². The quantitative estimate of drug-likeness (QED) is 0.799. The van der Waals surface area contributed by atoms with Crippen molar-refractivity contribution in [2.75, 3.05) is 19.1 Å². The predicted molar refractivity (Wildman–Crippen MR) is 82.3 cm³/mol. The molecule has 0 amide bonds. The summed E-state index contributed by atoms with van der Waals surface area (Å²) in [5.41, 5.74) is 0.220. The lowest BCUT2D eigenvalue weighted by atomic mass is 10.2. The highest BCUT2D eigenvalue weighted by Gasteiger charge is 2.23. The molecule has 0 aliphatic rings. The monoisotopic (exact) mass is 340 g/mol. The molecule has 0 spiro atoms. The molecule has 1 aromatic rings. The topological polar surface area (TPSA) is 58.2 Å². The highest BCUT2D eigenvalue weighted by molar-refractivity contribution is 7.98. The summed E-state index contributed by atoms with van der Waals surface area (Å²) in [4.78, 5) is -0.414. The van der Waals surface area contributed by atoms with Gasteiger partial charge in [0.1, 0.15) is 10.7 Å². The Morgan fingerprint density at radius 1 is 1.45 bits per heavy atom. The Balaban J connectivity index is 3.17. The molecular formula is C12H18ClFN2O2S2. The number of rotatable bonds is 7. The minimum Gasteiger partial charge on any atom is -0.316 e. The third-order valence-corrected chi connectivity index (χ3v) is 5.15. The van der Waals surface area contributed by atoms with Crippen molar-refractivity contribution in [2.24, 2.45) is 0 Å². The van der Waals surface area contributed by atoms with E-state index in [1.807, 2.05) is 6.26 Å². The number of thioether (sulfide) groups is 1. The largest absolute Gasteiger partial charge is 0.316 e. The molecule has 1 unspecified atom stereocenters. The maximum atomic E-state index is 14.2. The SMILES string of the molecule is CNCc1cc(Cl)cc(S(=O)(=O)NC(C)CSC)c1F. The Morgan fingerprint density at radius 2 is 2.10 bits per heavy atom. The van der Waals surface area contributed by atoms with Gasteiger partial charge in [-0.05, 0) is 32.4 Å². The van der Waals surface area contributed by atoms with Crippen LogP contribution in [0.25, 0.3) is 0 Å². The van der Waals surface area contributed by atoms with Gasteiger partial charge in [-0.2, -0.15) is 11.8 Å². The fourth-order valence-corrected chi connectivity index (χ4v) is 4.13. The van der Waals surface area contributed by atoms with Crippen molar-refractivity contribution in [3.05, 3.63) is 28.5 Å². The van der Waals surface area contributed by atoms with Crippen LogP contribution < -0.4 is 10.0 Å². The zero-order chi connectivity index (χ0) is 15.3. The molecule has 0 fully saturated rings. The molecular weight excluding hydrogens is 323 g/mol. The van der Waals surface area contributed by atoms with Crippen LogP contribution in [0.5, 0.6) is 0 Å². The van der Waals surface area contributed by atoms with Gasteiger partial charge in [-0.1, -0.05) is 11.6 Å². The highest BCUT2D eigenvalue weighted by atomic mass is 35.5. The molecule has 0 aromatic heterocycles. The molecule has 8 heteroatoms. The molecule has 0 heterocycles. The van der Waals surface area contributed by atoms with Crippen molar-refractivity contribution >= 4 is 33.4 Å². The first kappa shape index (κ1) is 17.7. The normalized spacial score (nSPS) is 13.4. The van der Waals surface area contributed by atoms with Crippen LogP contribution in [0.2, 0.25) is 5.02 Å². The smallest absolute Gasteiger partial charge is 0.243 e. The molecule has 0 saturated carbocycles. The first-order valence-electron chi connectivity index (χ1n) is 5.95. The number of hydrogen-bond donors (Lipinski definition) is 2. The van der Waals surface area contributed by atoms with E-state index in [-0.39, 0.29) is 23.2 Å². The van der Waals surface area contributed by atoms with E-state index in [0.717, 1.165) is 6.07 Å². The summed E-state index contributed by atoms with van der Waals surface area (Å²) in [5.74, 6) is -0.169. The van der Waals surface area contributed by atoms with Crippen LogP contribution >= 0.6 is 23.4 Å². The molecule has 1 aromatic carbocycles. The molecule has 2 N–H and O–H groups in total. The van der Waals surface area contributed by atoms with E-state index in [4.69, 9.17) is 11.6 Å². The Bertz CT molecular complexity index is 567. The van der Waals surface area contributed by atoms with Gasteiger partial charge < -0.3 is 5.32 Å². The van der Waals surface area contributed by atoms with Gasteiger partial charge in [0, 0.05) is 28.9 Å². The summed E-state index contributed by atoms with van der Waals surface area (Å²) in [6.07, 6.45) is 1.87. The zero-order valence-corrected chi connectivity index (χ0v) is 13.9. The third kappa shape index (κ3) is 4.60. The molecule has 0 radical (unpaired) electrons. The van der Waals surface area contributed by atoms with Gasteiger partial charge in [0.05, 0.1) is 0 Å². The van der Waals surface area contributed by atoms with E-state index in [2.05, 4.69) is 10.0 Å². The Hall–Kier alpha value is -0.340. The molecule has 0 bridgehead atoms. The molecule has 0 saturated heterocycles. The van der Waals surface area contributed by atoms with E-state index >= 15 is 0 Å². The van der Waals surface area contributed by atoms with Gasteiger partial charge in [0.2, 0.25) is 10.0 Å². The first-order chi connectivity index (χ1) is 9.31. The number of halogens is 2. The molecule has 0 aliphatic carbocycles. The van der Waals surface area contributed by atoms with Gasteiger partial charge in [-0.15, -0.1) is 0 Å². The van der Waals surface area contributed by atoms with Gasteiger partial charge in [0.25, 0.3) is 0 Å².